The number of hydrogen-bond donors (Lipinski definition) is 1. The first-order chi connectivity index (χ1) is 9.52. The lowest BCUT2D eigenvalue weighted by Gasteiger charge is -2.41. The van der Waals surface area contributed by atoms with Crippen LogP contribution < -0.4 is 5.73 Å². The highest BCUT2D eigenvalue weighted by Crippen LogP contribution is 2.39. The molecular weight excluding hydrogens is 332 g/mol. The van der Waals surface area contributed by atoms with Gasteiger partial charge in [-0.05, 0) is 35.0 Å². The van der Waals surface area contributed by atoms with Gasteiger partial charge in [-0.25, -0.2) is 8.78 Å². The van der Waals surface area contributed by atoms with Gasteiger partial charge in [-0.3, -0.25) is 0 Å². The average molecular weight is 350 g/mol. The Morgan fingerprint density at radius 1 is 1.40 bits per heavy atom. The first kappa shape index (κ1) is 15.8. The van der Waals surface area contributed by atoms with Gasteiger partial charge in [0.2, 0.25) is 0 Å². The molecule has 1 heterocycles. The number of hydrogen-bond acceptors (Lipinski definition) is 3. The SMILES string of the molecule is CCOC1(C(N)c2c(F)ccc(Br)c2F)CCOCC1. The smallest absolute Gasteiger partial charge is 0.145 e. The van der Waals surface area contributed by atoms with Gasteiger partial charge in [-0.1, -0.05) is 0 Å². The second-order valence-corrected chi connectivity index (χ2v) is 5.70. The van der Waals surface area contributed by atoms with Crippen LogP contribution in [0.5, 0.6) is 0 Å². The molecule has 3 nitrogen and oxygen atoms in total. The Kier molecular flexibility index (Phi) is 5.12. The number of ether oxygens (including phenoxy) is 2. The van der Waals surface area contributed by atoms with E-state index in [0.717, 1.165) is 0 Å². The molecule has 112 valence electrons. The van der Waals surface area contributed by atoms with E-state index in [2.05, 4.69) is 15.9 Å². The van der Waals surface area contributed by atoms with Crippen LogP contribution in [0.1, 0.15) is 31.4 Å². The summed E-state index contributed by atoms with van der Waals surface area (Å²) >= 11 is 3.07. The third-order valence-corrected chi connectivity index (χ3v) is 4.34. The molecule has 1 aliphatic rings. The summed E-state index contributed by atoms with van der Waals surface area (Å²) in [5, 5.41) is 0. The van der Waals surface area contributed by atoms with Crippen molar-refractivity contribution < 1.29 is 18.3 Å². The van der Waals surface area contributed by atoms with Crippen LogP contribution >= 0.6 is 15.9 Å². The van der Waals surface area contributed by atoms with Crippen molar-refractivity contribution in [2.45, 2.75) is 31.4 Å². The molecule has 0 spiro atoms. The van der Waals surface area contributed by atoms with E-state index in [9.17, 15) is 8.78 Å². The van der Waals surface area contributed by atoms with Crippen LogP contribution in [0.25, 0.3) is 0 Å². The molecule has 1 unspecified atom stereocenters. The maximum absolute atomic E-state index is 14.2. The van der Waals surface area contributed by atoms with Crippen molar-refractivity contribution in [1.29, 1.82) is 0 Å². The molecule has 1 fully saturated rings. The predicted octanol–water partition coefficient (Wildman–Crippen LogP) is 3.31. The van der Waals surface area contributed by atoms with E-state index in [1.807, 2.05) is 6.92 Å². The number of benzene rings is 1. The first-order valence-corrected chi connectivity index (χ1v) is 7.42. The molecule has 0 amide bonds. The molecule has 0 radical (unpaired) electrons. The highest BCUT2D eigenvalue weighted by atomic mass is 79.9. The Labute approximate surface area is 125 Å². The average Bonchev–Trinajstić information content (AvgIpc) is 2.44. The molecular formula is C14H18BrF2NO2. The molecule has 1 atom stereocenters. The Bertz CT molecular complexity index is 473. The summed E-state index contributed by atoms with van der Waals surface area (Å²) in [6, 6.07) is 1.67. The Morgan fingerprint density at radius 3 is 2.65 bits per heavy atom. The van der Waals surface area contributed by atoms with E-state index >= 15 is 0 Å². The number of nitrogens with two attached hydrogens (primary N) is 1. The Hall–Kier alpha value is -0.560. The molecule has 0 aliphatic carbocycles. The van der Waals surface area contributed by atoms with E-state index in [1.54, 1.807) is 0 Å². The van der Waals surface area contributed by atoms with Crippen LogP contribution in [-0.2, 0) is 9.47 Å². The van der Waals surface area contributed by atoms with Crippen LogP contribution in [0, 0.1) is 11.6 Å². The summed E-state index contributed by atoms with van der Waals surface area (Å²) in [6.07, 6.45) is 1.04. The summed E-state index contributed by atoms with van der Waals surface area (Å²) in [7, 11) is 0. The van der Waals surface area contributed by atoms with Gasteiger partial charge in [-0.15, -0.1) is 0 Å². The van der Waals surface area contributed by atoms with Gasteiger partial charge in [0.1, 0.15) is 11.6 Å². The molecule has 0 aromatic heterocycles. The van der Waals surface area contributed by atoms with E-state index in [-0.39, 0.29) is 10.0 Å². The third kappa shape index (κ3) is 2.88. The van der Waals surface area contributed by atoms with Gasteiger partial charge in [0.05, 0.1) is 16.1 Å². The minimum Gasteiger partial charge on any atom is -0.381 e. The van der Waals surface area contributed by atoms with Crippen molar-refractivity contribution in [2.75, 3.05) is 19.8 Å². The normalized spacial score (nSPS) is 19.9. The van der Waals surface area contributed by atoms with E-state index in [4.69, 9.17) is 15.2 Å². The summed E-state index contributed by atoms with van der Waals surface area (Å²) in [4.78, 5) is 0. The summed E-state index contributed by atoms with van der Waals surface area (Å²) in [6.45, 7) is 3.23. The van der Waals surface area contributed by atoms with Crippen molar-refractivity contribution in [3.05, 3.63) is 33.8 Å². The van der Waals surface area contributed by atoms with Crippen molar-refractivity contribution in [3.63, 3.8) is 0 Å². The zero-order valence-corrected chi connectivity index (χ0v) is 12.9. The molecule has 2 rings (SSSR count). The fraction of sp³-hybridized carbons (Fsp3) is 0.571. The molecule has 2 N–H and O–H groups in total. The largest absolute Gasteiger partial charge is 0.381 e. The lowest BCUT2D eigenvalue weighted by molar-refractivity contribution is -0.122. The molecule has 0 bridgehead atoms. The fourth-order valence-electron chi connectivity index (χ4n) is 2.64. The maximum atomic E-state index is 14.2. The summed E-state index contributed by atoms with van der Waals surface area (Å²) < 4.78 is 39.5. The molecule has 1 aromatic rings. The van der Waals surface area contributed by atoms with Crippen molar-refractivity contribution >= 4 is 15.9 Å². The molecule has 6 heteroatoms. The standard InChI is InChI=1S/C14H18BrF2NO2/c1-2-20-14(5-7-19-8-6-14)13(18)11-10(16)4-3-9(15)12(11)17/h3-4,13H,2,5-8,18H2,1H3. The van der Waals surface area contributed by atoms with E-state index in [1.165, 1.54) is 12.1 Å². The lowest BCUT2D eigenvalue weighted by Crippen LogP contribution is -2.48. The number of rotatable bonds is 4. The second-order valence-electron chi connectivity index (χ2n) is 4.84. The lowest BCUT2D eigenvalue weighted by atomic mass is 9.82. The van der Waals surface area contributed by atoms with Crippen LogP contribution in [0.4, 0.5) is 8.78 Å². The van der Waals surface area contributed by atoms with Crippen molar-refractivity contribution in [2.24, 2.45) is 5.73 Å². The number of halogens is 3. The van der Waals surface area contributed by atoms with Gasteiger partial charge in [-0.2, -0.15) is 0 Å². The van der Waals surface area contributed by atoms with Crippen LogP contribution in [0.2, 0.25) is 0 Å². The first-order valence-electron chi connectivity index (χ1n) is 6.62. The van der Waals surface area contributed by atoms with Gasteiger partial charge in [0.25, 0.3) is 0 Å². The van der Waals surface area contributed by atoms with E-state index < -0.39 is 23.3 Å². The van der Waals surface area contributed by atoms with Gasteiger partial charge in [0.15, 0.2) is 0 Å². The molecule has 1 aromatic carbocycles. The van der Waals surface area contributed by atoms with Crippen LogP contribution in [0.3, 0.4) is 0 Å². The van der Waals surface area contributed by atoms with Crippen molar-refractivity contribution in [3.8, 4) is 0 Å². The van der Waals surface area contributed by atoms with Crippen LogP contribution in [-0.4, -0.2) is 25.4 Å². The summed E-state index contributed by atoms with van der Waals surface area (Å²) in [5.74, 6) is -1.31. The highest BCUT2D eigenvalue weighted by molar-refractivity contribution is 9.10. The quantitative estimate of drug-likeness (QED) is 0.848. The van der Waals surface area contributed by atoms with E-state index in [0.29, 0.717) is 32.7 Å². The Morgan fingerprint density at radius 2 is 2.05 bits per heavy atom. The molecule has 1 saturated heterocycles. The zero-order valence-electron chi connectivity index (χ0n) is 11.3. The zero-order chi connectivity index (χ0) is 14.8. The molecule has 20 heavy (non-hydrogen) atoms. The predicted molar refractivity (Wildman–Crippen MR) is 75.4 cm³/mol. The Balaban J connectivity index is 2.42. The molecule has 1 aliphatic heterocycles. The highest BCUT2D eigenvalue weighted by Gasteiger charge is 2.42. The fourth-order valence-corrected chi connectivity index (χ4v) is 2.99. The van der Waals surface area contributed by atoms with Crippen LogP contribution in [0.15, 0.2) is 16.6 Å². The third-order valence-electron chi connectivity index (χ3n) is 3.73. The maximum Gasteiger partial charge on any atom is 0.145 e. The van der Waals surface area contributed by atoms with Gasteiger partial charge >= 0.3 is 0 Å². The minimum absolute atomic E-state index is 0.130. The monoisotopic (exact) mass is 349 g/mol. The molecule has 0 saturated carbocycles. The second kappa shape index (κ2) is 6.47. The van der Waals surface area contributed by atoms with Gasteiger partial charge in [0, 0.05) is 38.2 Å². The van der Waals surface area contributed by atoms with Gasteiger partial charge < -0.3 is 15.2 Å². The summed E-state index contributed by atoms with van der Waals surface area (Å²) in [5.41, 5.74) is 5.27. The van der Waals surface area contributed by atoms with Crippen molar-refractivity contribution in [1.82, 2.24) is 0 Å². The minimum atomic E-state index is -0.871. The topological polar surface area (TPSA) is 44.5 Å².